The van der Waals surface area contributed by atoms with E-state index in [0.717, 1.165) is 32.2 Å². The van der Waals surface area contributed by atoms with Crippen molar-refractivity contribution in [2.24, 2.45) is 16.7 Å². The van der Waals surface area contributed by atoms with Gasteiger partial charge in [0.1, 0.15) is 0 Å². The van der Waals surface area contributed by atoms with Crippen LogP contribution in [0.1, 0.15) is 66.2 Å². The molecule has 0 bridgehead atoms. The molecule has 2 amide bonds. The summed E-state index contributed by atoms with van der Waals surface area (Å²) in [6.07, 6.45) is 4.65. The van der Waals surface area contributed by atoms with Crippen molar-refractivity contribution >= 4 is 11.8 Å². The average Bonchev–Trinajstić information content (AvgIpc) is 2.79. The fourth-order valence-corrected chi connectivity index (χ4v) is 3.90. The van der Waals surface area contributed by atoms with Crippen molar-refractivity contribution in [2.75, 3.05) is 26.2 Å². The third-order valence-corrected chi connectivity index (χ3v) is 5.51. The molecular formula is C21H35N3O3. The lowest BCUT2D eigenvalue weighted by molar-refractivity contribution is -0.133. The molecule has 0 saturated carbocycles. The monoisotopic (exact) mass is 377 g/mol. The number of nitrogens with one attached hydrogen (secondary N) is 1. The summed E-state index contributed by atoms with van der Waals surface area (Å²) in [6.45, 7) is 10.6. The molecule has 2 aliphatic heterocycles. The SMILES string of the molecule is CC(C)(C#N)CC(=O)N1CCCCC(CNC(=O)CC2CC(C)(C)CO2)C1. The van der Waals surface area contributed by atoms with Crippen LogP contribution in [0.3, 0.4) is 0 Å². The third kappa shape index (κ3) is 7.14. The molecule has 2 unspecified atom stereocenters. The molecule has 0 aromatic heterocycles. The standard InChI is InChI=1S/C21H35N3O3/c1-20(2,14-22)11-19(26)24-8-6-5-7-16(13-24)12-23-18(25)9-17-10-21(3,4)15-27-17/h16-17H,5-13,15H2,1-4H3,(H,23,25). The van der Waals surface area contributed by atoms with Crippen molar-refractivity contribution in [2.45, 2.75) is 72.3 Å². The molecule has 6 heteroatoms. The minimum atomic E-state index is -0.637. The van der Waals surface area contributed by atoms with Gasteiger partial charge in [0.25, 0.3) is 0 Å². The zero-order chi connectivity index (χ0) is 20.1. The molecule has 27 heavy (non-hydrogen) atoms. The van der Waals surface area contributed by atoms with Gasteiger partial charge >= 0.3 is 0 Å². The van der Waals surface area contributed by atoms with Gasteiger partial charge < -0.3 is 15.0 Å². The number of nitrogens with zero attached hydrogens (tertiary/aromatic N) is 2. The van der Waals surface area contributed by atoms with Gasteiger partial charge in [-0.25, -0.2) is 0 Å². The molecule has 2 atom stereocenters. The molecular weight excluding hydrogens is 342 g/mol. The van der Waals surface area contributed by atoms with Crippen LogP contribution in [0.4, 0.5) is 0 Å². The predicted octanol–water partition coefficient (Wildman–Crippen LogP) is 2.88. The molecule has 0 radical (unpaired) electrons. The molecule has 0 spiro atoms. The first-order valence-corrected chi connectivity index (χ1v) is 10.2. The average molecular weight is 378 g/mol. The Balaban J connectivity index is 1.79. The highest BCUT2D eigenvalue weighted by molar-refractivity contribution is 5.77. The second-order valence-electron chi connectivity index (χ2n) is 9.68. The van der Waals surface area contributed by atoms with Crippen molar-refractivity contribution in [1.29, 1.82) is 5.26 Å². The van der Waals surface area contributed by atoms with Crippen molar-refractivity contribution in [1.82, 2.24) is 10.2 Å². The topological polar surface area (TPSA) is 82.4 Å². The van der Waals surface area contributed by atoms with E-state index in [1.807, 2.05) is 4.90 Å². The summed E-state index contributed by atoms with van der Waals surface area (Å²) in [7, 11) is 0. The van der Waals surface area contributed by atoms with E-state index in [0.29, 0.717) is 26.1 Å². The smallest absolute Gasteiger partial charge is 0.224 e. The normalized spacial score (nSPS) is 25.5. The van der Waals surface area contributed by atoms with Crippen molar-refractivity contribution in [3.05, 3.63) is 0 Å². The zero-order valence-corrected chi connectivity index (χ0v) is 17.3. The molecule has 0 aromatic rings. The van der Waals surface area contributed by atoms with Gasteiger partial charge in [0.2, 0.25) is 11.8 Å². The van der Waals surface area contributed by atoms with E-state index in [1.54, 1.807) is 13.8 Å². The van der Waals surface area contributed by atoms with Crippen LogP contribution < -0.4 is 5.32 Å². The summed E-state index contributed by atoms with van der Waals surface area (Å²) in [5.74, 6) is 0.346. The van der Waals surface area contributed by atoms with Gasteiger partial charge in [-0.05, 0) is 44.4 Å². The van der Waals surface area contributed by atoms with E-state index in [9.17, 15) is 9.59 Å². The Kier molecular flexibility index (Phi) is 7.27. The molecule has 1 N–H and O–H groups in total. The van der Waals surface area contributed by atoms with Crippen molar-refractivity contribution < 1.29 is 14.3 Å². The summed E-state index contributed by atoms with van der Waals surface area (Å²) >= 11 is 0. The largest absolute Gasteiger partial charge is 0.377 e. The Labute approximate surface area is 163 Å². The van der Waals surface area contributed by atoms with Crippen molar-refractivity contribution in [3.8, 4) is 6.07 Å². The number of hydrogen-bond acceptors (Lipinski definition) is 4. The van der Waals surface area contributed by atoms with Crippen LogP contribution in [-0.2, 0) is 14.3 Å². The molecule has 0 aliphatic carbocycles. The van der Waals surface area contributed by atoms with Crippen LogP contribution in [0.25, 0.3) is 0 Å². The number of carbonyl (C=O) groups is 2. The fourth-order valence-electron chi connectivity index (χ4n) is 3.90. The van der Waals surface area contributed by atoms with E-state index in [-0.39, 0.29) is 35.7 Å². The maximum atomic E-state index is 12.6. The van der Waals surface area contributed by atoms with Crippen LogP contribution in [0.5, 0.6) is 0 Å². The van der Waals surface area contributed by atoms with Crippen LogP contribution >= 0.6 is 0 Å². The molecule has 2 rings (SSSR count). The Hall–Kier alpha value is -1.61. The number of rotatable bonds is 6. The Morgan fingerprint density at radius 2 is 2.07 bits per heavy atom. The van der Waals surface area contributed by atoms with E-state index in [4.69, 9.17) is 10.00 Å². The molecule has 0 aromatic carbocycles. The predicted molar refractivity (Wildman–Crippen MR) is 104 cm³/mol. The Bertz CT molecular complexity index is 580. The number of ether oxygens (including phenoxy) is 1. The van der Waals surface area contributed by atoms with Gasteiger partial charge in [-0.1, -0.05) is 20.3 Å². The number of carbonyl (C=O) groups excluding carboxylic acids is 2. The highest BCUT2D eigenvalue weighted by atomic mass is 16.5. The fraction of sp³-hybridized carbons (Fsp3) is 0.857. The summed E-state index contributed by atoms with van der Waals surface area (Å²) < 4.78 is 5.72. The quantitative estimate of drug-likeness (QED) is 0.771. The summed E-state index contributed by atoms with van der Waals surface area (Å²) in [5, 5.41) is 12.2. The van der Waals surface area contributed by atoms with Crippen LogP contribution in [0, 0.1) is 28.1 Å². The van der Waals surface area contributed by atoms with Gasteiger partial charge in [0, 0.05) is 26.1 Å². The van der Waals surface area contributed by atoms with Crippen LogP contribution in [0.15, 0.2) is 0 Å². The second kappa shape index (κ2) is 9.05. The summed E-state index contributed by atoms with van der Waals surface area (Å²) in [5.41, 5.74) is -0.480. The van der Waals surface area contributed by atoms with Gasteiger partial charge in [-0.3, -0.25) is 9.59 Å². The Morgan fingerprint density at radius 1 is 1.33 bits per heavy atom. The van der Waals surface area contributed by atoms with E-state index in [2.05, 4.69) is 25.2 Å². The molecule has 2 saturated heterocycles. The number of amides is 2. The van der Waals surface area contributed by atoms with Gasteiger partial charge in [-0.15, -0.1) is 0 Å². The lowest BCUT2D eigenvalue weighted by Crippen LogP contribution is -2.40. The summed E-state index contributed by atoms with van der Waals surface area (Å²) in [6, 6.07) is 2.20. The van der Waals surface area contributed by atoms with Gasteiger partial charge in [-0.2, -0.15) is 5.26 Å². The van der Waals surface area contributed by atoms with E-state index >= 15 is 0 Å². The first kappa shape index (κ1) is 21.7. The second-order valence-corrected chi connectivity index (χ2v) is 9.68. The maximum absolute atomic E-state index is 12.6. The van der Waals surface area contributed by atoms with Crippen LogP contribution in [-0.4, -0.2) is 49.1 Å². The Morgan fingerprint density at radius 3 is 2.70 bits per heavy atom. The molecule has 152 valence electrons. The van der Waals surface area contributed by atoms with Crippen molar-refractivity contribution in [3.63, 3.8) is 0 Å². The van der Waals surface area contributed by atoms with E-state index in [1.165, 1.54) is 0 Å². The molecule has 6 nitrogen and oxygen atoms in total. The zero-order valence-electron chi connectivity index (χ0n) is 17.3. The highest BCUT2D eigenvalue weighted by Crippen LogP contribution is 2.32. The number of hydrogen-bond donors (Lipinski definition) is 1. The third-order valence-electron chi connectivity index (χ3n) is 5.51. The molecule has 2 fully saturated rings. The number of likely N-dealkylation sites (tertiary alicyclic amines) is 1. The summed E-state index contributed by atoms with van der Waals surface area (Å²) in [4.78, 5) is 26.7. The minimum absolute atomic E-state index is 0.0143. The molecule has 2 heterocycles. The first-order chi connectivity index (χ1) is 12.6. The highest BCUT2D eigenvalue weighted by Gasteiger charge is 2.33. The minimum Gasteiger partial charge on any atom is -0.377 e. The lowest BCUT2D eigenvalue weighted by Gasteiger charge is -2.27. The molecule has 2 aliphatic rings. The van der Waals surface area contributed by atoms with E-state index < -0.39 is 5.41 Å². The maximum Gasteiger partial charge on any atom is 0.224 e. The van der Waals surface area contributed by atoms with Crippen LogP contribution in [0.2, 0.25) is 0 Å². The number of nitriles is 1. The van der Waals surface area contributed by atoms with Gasteiger partial charge in [0.05, 0.1) is 30.6 Å². The van der Waals surface area contributed by atoms with Gasteiger partial charge in [0.15, 0.2) is 0 Å². The lowest BCUT2D eigenvalue weighted by atomic mass is 9.90. The first-order valence-electron chi connectivity index (χ1n) is 10.2.